The van der Waals surface area contributed by atoms with Gasteiger partial charge in [0.1, 0.15) is 5.75 Å². The molecule has 2 atom stereocenters. The van der Waals surface area contributed by atoms with E-state index in [2.05, 4.69) is 31.3 Å². The maximum Gasteiger partial charge on any atom is 0.119 e. The second-order valence-corrected chi connectivity index (χ2v) is 5.84. The van der Waals surface area contributed by atoms with Crippen LogP contribution in [-0.2, 0) is 0 Å². The second-order valence-electron chi connectivity index (χ2n) is 5.84. The molecule has 0 amide bonds. The summed E-state index contributed by atoms with van der Waals surface area (Å²) in [6, 6.07) is 8.63. The van der Waals surface area contributed by atoms with E-state index < -0.39 is 0 Å². The zero-order valence-electron chi connectivity index (χ0n) is 13.2. The number of nitrogens with one attached hydrogen (secondary N) is 1. The molecular weight excluding hydrogens is 250 g/mol. The van der Waals surface area contributed by atoms with Crippen molar-refractivity contribution < 1.29 is 9.84 Å². The van der Waals surface area contributed by atoms with Crippen LogP contribution < -0.4 is 10.1 Å². The summed E-state index contributed by atoms with van der Waals surface area (Å²) >= 11 is 0. The minimum absolute atomic E-state index is 0.213. The SMILES string of the molecule is CC(CO)CCCNC(C)c1ccc(OC(C)C)cc1. The molecule has 2 unspecified atom stereocenters. The lowest BCUT2D eigenvalue weighted by Crippen LogP contribution is -2.20. The van der Waals surface area contributed by atoms with Crippen LogP contribution in [0, 0.1) is 5.92 Å². The largest absolute Gasteiger partial charge is 0.491 e. The molecule has 0 heterocycles. The average Bonchev–Trinajstić information content (AvgIpc) is 2.43. The van der Waals surface area contributed by atoms with Crippen LogP contribution in [0.1, 0.15) is 52.1 Å². The Bertz CT molecular complexity index is 362. The highest BCUT2D eigenvalue weighted by Gasteiger charge is 2.06. The van der Waals surface area contributed by atoms with Crippen molar-refractivity contribution >= 4 is 0 Å². The normalized spacial score (nSPS) is 14.3. The van der Waals surface area contributed by atoms with Gasteiger partial charge in [-0.2, -0.15) is 0 Å². The lowest BCUT2D eigenvalue weighted by Gasteiger charge is -2.16. The van der Waals surface area contributed by atoms with Crippen LogP contribution in [0.4, 0.5) is 0 Å². The predicted molar refractivity (Wildman–Crippen MR) is 84.1 cm³/mol. The highest BCUT2D eigenvalue weighted by atomic mass is 16.5. The second kappa shape index (κ2) is 8.98. The van der Waals surface area contributed by atoms with Gasteiger partial charge in [-0.1, -0.05) is 19.1 Å². The molecule has 2 N–H and O–H groups in total. The Balaban J connectivity index is 2.34. The molecule has 1 aromatic carbocycles. The summed E-state index contributed by atoms with van der Waals surface area (Å²) in [5, 5.41) is 12.5. The molecule has 0 radical (unpaired) electrons. The van der Waals surface area contributed by atoms with Gasteiger partial charge < -0.3 is 15.2 Å². The Hall–Kier alpha value is -1.06. The minimum Gasteiger partial charge on any atom is -0.491 e. The molecule has 20 heavy (non-hydrogen) atoms. The third-order valence-electron chi connectivity index (χ3n) is 3.39. The molecule has 0 saturated heterocycles. The van der Waals surface area contributed by atoms with Gasteiger partial charge in [0.2, 0.25) is 0 Å². The lowest BCUT2D eigenvalue weighted by atomic mass is 10.1. The number of ether oxygens (including phenoxy) is 1. The van der Waals surface area contributed by atoms with Crippen LogP contribution in [0.25, 0.3) is 0 Å². The zero-order chi connectivity index (χ0) is 15.0. The van der Waals surface area contributed by atoms with Crippen LogP contribution in [0.3, 0.4) is 0 Å². The summed E-state index contributed by atoms with van der Waals surface area (Å²) in [5.74, 6) is 1.33. The average molecular weight is 279 g/mol. The summed E-state index contributed by atoms with van der Waals surface area (Å²) in [7, 11) is 0. The van der Waals surface area contributed by atoms with E-state index in [-0.39, 0.29) is 12.7 Å². The Kier molecular flexibility index (Phi) is 7.63. The highest BCUT2D eigenvalue weighted by molar-refractivity contribution is 5.29. The monoisotopic (exact) mass is 279 g/mol. The first-order valence-corrected chi connectivity index (χ1v) is 7.63. The van der Waals surface area contributed by atoms with E-state index in [4.69, 9.17) is 9.84 Å². The van der Waals surface area contributed by atoms with Crippen LogP contribution in [0.5, 0.6) is 5.75 Å². The van der Waals surface area contributed by atoms with Gasteiger partial charge in [-0.3, -0.25) is 0 Å². The van der Waals surface area contributed by atoms with Crippen molar-refractivity contribution in [2.75, 3.05) is 13.2 Å². The Morgan fingerprint density at radius 1 is 1.10 bits per heavy atom. The standard InChI is InChI=1S/C17H29NO2/c1-13(2)20-17-9-7-16(8-10-17)15(4)18-11-5-6-14(3)12-19/h7-10,13-15,18-19H,5-6,11-12H2,1-4H3. The number of hydrogen-bond donors (Lipinski definition) is 2. The van der Waals surface area contributed by atoms with E-state index in [0.29, 0.717) is 12.0 Å². The number of rotatable bonds is 9. The summed E-state index contributed by atoms with van der Waals surface area (Å²) in [5.41, 5.74) is 1.27. The highest BCUT2D eigenvalue weighted by Crippen LogP contribution is 2.18. The fourth-order valence-corrected chi connectivity index (χ4v) is 2.09. The quantitative estimate of drug-likeness (QED) is 0.679. The molecular formula is C17H29NO2. The molecule has 0 fully saturated rings. The van der Waals surface area contributed by atoms with Crippen molar-refractivity contribution in [1.29, 1.82) is 0 Å². The van der Waals surface area contributed by atoms with Crippen molar-refractivity contribution in [2.45, 2.75) is 52.7 Å². The Morgan fingerprint density at radius 2 is 1.75 bits per heavy atom. The summed E-state index contributed by atoms with van der Waals surface area (Å²) in [6.07, 6.45) is 2.38. The summed E-state index contributed by atoms with van der Waals surface area (Å²) < 4.78 is 5.64. The van der Waals surface area contributed by atoms with Gasteiger partial charge in [-0.25, -0.2) is 0 Å². The van der Waals surface area contributed by atoms with Crippen LogP contribution in [0.15, 0.2) is 24.3 Å². The van der Waals surface area contributed by atoms with Crippen molar-refractivity contribution in [3.8, 4) is 5.75 Å². The van der Waals surface area contributed by atoms with Gasteiger partial charge in [0, 0.05) is 12.6 Å². The molecule has 0 bridgehead atoms. The molecule has 114 valence electrons. The minimum atomic E-state index is 0.213. The van der Waals surface area contributed by atoms with E-state index in [9.17, 15) is 0 Å². The molecule has 3 heteroatoms. The molecule has 1 rings (SSSR count). The fraction of sp³-hybridized carbons (Fsp3) is 0.647. The third-order valence-corrected chi connectivity index (χ3v) is 3.39. The van der Waals surface area contributed by atoms with Crippen LogP contribution in [-0.4, -0.2) is 24.4 Å². The lowest BCUT2D eigenvalue weighted by molar-refractivity contribution is 0.227. The van der Waals surface area contributed by atoms with Crippen molar-refractivity contribution in [2.24, 2.45) is 5.92 Å². The Labute approximate surface area is 123 Å². The van der Waals surface area contributed by atoms with E-state index in [0.717, 1.165) is 25.1 Å². The van der Waals surface area contributed by atoms with Gasteiger partial charge in [0.15, 0.2) is 0 Å². The molecule has 0 aliphatic rings. The smallest absolute Gasteiger partial charge is 0.119 e. The first-order chi connectivity index (χ1) is 9.52. The van der Waals surface area contributed by atoms with E-state index in [1.54, 1.807) is 0 Å². The maximum absolute atomic E-state index is 8.98. The number of benzene rings is 1. The summed E-state index contributed by atoms with van der Waals surface area (Å²) in [6.45, 7) is 9.59. The van der Waals surface area contributed by atoms with Gasteiger partial charge in [0.25, 0.3) is 0 Å². The molecule has 1 aromatic rings. The molecule has 0 aromatic heterocycles. The van der Waals surface area contributed by atoms with Crippen molar-refractivity contribution in [3.63, 3.8) is 0 Å². The van der Waals surface area contributed by atoms with E-state index in [1.165, 1.54) is 5.56 Å². The van der Waals surface area contributed by atoms with E-state index >= 15 is 0 Å². The first kappa shape index (κ1) is 17.0. The first-order valence-electron chi connectivity index (χ1n) is 7.63. The number of aliphatic hydroxyl groups excluding tert-OH is 1. The predicted octanol–water partition coefficient (Wildman–Crippen LogP) is 3.53. The molecule has 3 nitrogen and oxygen atoms in total. The van der Waals surface area contributed by atoms with Gasteiger partial charge >= 0.3 is 0 Å². The van der Waals surface area contributed by atoms with Gasteiger partial charge in [-0.05, 0) is 63.8 Å². The van der Waals surface area contributed by atoms with Gasteiger partial charge in [0.05, 0.1) is 6.10 Å². The molecule has 0 aliphatic carbocycles. The molecule has 0 aliphatic heterocycles. The van der Waals surface area contributed by atoms with Crippen LogP contribution >= 0.6 is 0 Å². The van der Waals surface area contributed by atoms with Crippen molar-refractivity contribution in [3.05, 3.63) is 29.8 Å². The maximum atomic E-state index is 8.98. The molecule has 0 saturated carbocycles. The number of aliphatic hydroxyl groups is 1. The van der Waals surface area contributed by atoms with Crippen molar-refractivity contribution in [1.82, 2.24) is 5.32 Å². The van der Waals surface area contributed by atoms with Crippen LogP contribution in [0.2, 0.25) is 0 Å². The van der Waals surface area contributed by atoms with Gasteiger partial charge in [-0.15, -0.1) is 0 Å². The Morgan fingerprint density at radius 3 is 2.30 bits per heavy atom. The topological polar surface area (TPSA) is 41.5 Å². The zero-order valence-corrected chi connectivity index (χ0v) is 13.2. The van der Waals surface area contributed by atoms with E-state index in [1.807, 2.05) is 26.0 Å². The fourth-order valence-electron chi connectivity index (χ4n) is 2.09. The molecule has 0 spiro atoms. The third kappa shape index (κ3) is 6.40. The number of hydrogen-bond acceptors (Lipinski definition) is 3. The summed E-state index contributed by atoms with van der Waals surface area (Å²) in [4.78, 5) is 0.